The Balaban J connectivity index is 2.06. The molecule has 0 spiro atoms. The van der Waals surface area contributed by atoms with E-state index in [9.17, 15) is 4.79 Å². The van der Waals surface area contributed by atoms with E-state index in [0.29, 0.717) is 17.3 Å². The minimum absolute atomic E-state index is 0.0539. The number of thiophene rings is 1. The van der Waals surface area contributed by atoms with Gasteiger partial charge in [-0.2, -0.15) is 0 Å². The van der Waals surface area contributed by atoms with E-state index in [2.05, 4.69) is 15.5 Å². The minimum Gasteiger partial charge on any atom is -0.355 e. The second-order valence-corrected chi connectivity index (χ2v) is 6.36. The Morgan fingerprint density at radius 1 is 1.48 bits per heavy atom. The number of nitrogens with zero attached hydrogens (tertiary/aromatic N) is 2. The molecular formula is C14H13N3O2S2. The van der Waals surface area contributed by atoms with Crippen molar-refractivity contribution in [1.82, 2.24) is 10.1 Å². The molecule has 0 aliphatic heterocycles. The van der Waals surface area contributed by atoms with Gasteiger partial charge in [0.25, 0.3) is 0 Å². The van der Waals surface area contributed by atoms with Crippen LogP contribution in [0.5, 0.6) is 0 Å². The Kier molecular flexibility index (Phi) is 3.85. The highest BCUT2D eigenvalue weighted by Gasteiger charge is 2.19. The molecule has 0 saturated heterocycles. The van der Waals surface area contributed by atoms with Crippen LogP contribution in [0, 0.1) is 6.92 Å². The highest BCUT2D eigenvalue weighted by atomic mass is 32.1. The van der Waals surface area contributed by atoms with Crippen molar-refractivity contribution < 1.29 is 9.32 Å². The molecule has 5 nitrogen and oxygen atoms in total. The van der Waals surface area contributed by atoms with Crippen LogP contribution < -0.4 is 5.32 Å². The van der Waals surface area contributed by atoms with Gasteiger partial charge in [0.2, 0.25) is 5.91 Å². The first-order valence-corrected chi connectivity index (χ1v) is 8.15. The molecule has 0 atom stereocenters. The minimum atomic E-state index is -0.0539. The molecule has 7 heteroatoms. The maximum Gasteiger partial charge on any atom is 0.225 e. The number of aromatic nitrogens is 2. The fourth-order valence-electron chi connectivity index (χ4n) is 1.80. The molecule has 3 heterocycles. The molecule has 3 aromatic heterocycles. The van der Waals surface area contributed by atoms with Gasteiger partial charge in [-0.15, -0.1) is 11.3 Å². The topological polar surface area (TPSA) is 68.0 Å². The molecule has 0 bridgehead atoms. The van der Waals surface area contributed by atoms with Gasteiger partial charge in [-0.1, -0.05) is 29.5 Å². The van der Waals surface area contributed by atoms with Crippen molar-refractivity contribution in [3.63, 3.8) is 0 Å². The molecule has 0 unspecified atom stereocenters. The molecule has 3 aromatic rings. The van der Waals surface area contributed by atoms with Gasteiger partial charge in [0.15, 0.2) is 10.9 Å². The Labute approximate surface area is 129 Å². The van der Waals surface area contributed by atoms with Gasteiger partial charge in [-0.3, -0.25) is 4.79 Å². The Morgan fingerprint density at radius 2 is 2.33 bits per heavy atom. The monoisotopic (exact) mass is 319 g/mol. The summed E-state index contributed by atoms with van der Waals surface area (Å²) in [6, 6.07) is 5.84. The Bertz CT molecular complexity index is 759. The van der Waals surface area contributed by atoms with Crippen molar-refractivity contribution in [3.05, 3.63) is 29.3 Å². The van der Waals surface area contributed by atoms with E-state index < -0.39 is 0 Å². The van der Waals surface area contributed by atoms with Gasteiger partial charge in [0, 0.05) is 12.5 Å². The van der Waals surface area contributed by atoms with Gasteiger partial charge in [0.1, 0.15) is 10.6 Å². The van der Waals surface area contributed by atoms with Crippen LogP contribution in [0.3, 0.4) is 0 Å². The van der Waals surface area contributed by atoms with Crippen molar-refractivity contribution in [2.24, 2.45) is 0 Å². The zero-order valence-electron chi connectivity index (χ0n) is 11.5. The number of carbonyl (C=O) groups excluding carboxylic acids is 1. The van der Waals surface area contributed by atoms with Crippen molar-refractivity contribution in [3.8, 4) is 21.2 Å². The summed E-state index contributed by atoms with van der Waals surface area (Å²) < 4.78 is 5.35. The largest absolute Gasteiger partial charge is 0.355 e. The maximum absolute atomic E-state index is 11.6. The summed E-state index contributed by atoms with van der Waals surface area (Å²) >= 11 is 3.00. The Morgan fingerprint density at radius 3 is 2.95 bits per heavy atom. The predicted octanol–water partition coefficient (Wildman–Crippen LogP) is 4.18. The summed E-state index contributed by atoms with van der Waals surface area (Å²) in [6.07, 6.45) is 0.421. The lowest BCUT2D eigenvalue weighted by Crippen LogP contribution is -2.08. The predicted molar refractivity (Wildman–Crippen MR) is 84.6 cm³/mol. The standard InChI is InChI=1S/C14H13N3O2S2/c1-3-11(18)15-14-16-12(10-5-4-6-20-10)13(21-14)9-7-8(2)17-19-9/h4-7H,3H2,1-2H3,(H,15,16,18). The van der Waals surface area contributed by atoms with E-state index >= 15 is 0 Å². The third kappa shape index (κ3) is 2.88. The van der Waals surface area contributed by atoms with Crippen molar-refractivity contribution in [1.29, 1.82) is 0 Å². The van der Waals surface area contributed by atoms with E-state index in [1.165, 1.54) is 11.3 Å². The molecule has 0 aromatic carbocycles. The van der Waals surface area contributed by atoms with Gasteiger partial charge in [-0.25, -0.2) is 4.98 Å². The average molecular weight is 319 g/mol. The lowest BCUT2D eigenvalue weighted by atomic mass is 10.2. The molecule has 3 rings (SSSR count). The van der Waals surface area contributed by atoms with Crippen molar-refractivity contribution in [2.75, 3.05) is 5.32 Å². The number of nitrogens with one attached hydrogen (secondary N) is 1. The zero-order valence-corrected chi connectivity index (χ0v) is 13.2. The highest BCUT2D eigenvalue weighted by molar-refractivity contribution is 7.20. The molecule has 0 radical (unpaired) electrons. The average Bonchev–Trinajstić information content (AvgIpc) is 3.17. The smallest absolute Gasteiger partial charge is 0.225 e. The highest BCUT2D eigenvalue weighted by Crippen LogP contribution is 2.40. The van der Waals surface area contributed by atoms with E-state index in [0.717, 1.165) is 21.1 Å². The first-order valence-electron chi connectivity index (χ1n) is 6.45. The van der Waals surface area contributed by atoms with Gasteiger partial charge in [0.05, 0.1) is 10.6 Å². The molecule has 0 aliphatic rings. The summed E-state index contributed by atoms with van der Waals surface area (Å²) in [5.74, 6) is 0.618. The maximum atomic E-state index is 11.6. The van der Waals surface area contributed by atoms with Crippen LogP contribution in [0.4, 0.5) is 5.13 Å². The number of hydrogen-bond donors (Lipinski definition) is 1. The van der Waals surface area contributed by atoms with Crippen LogP contribution in [-0.4, -0.2) is 16.0 Å². The number of thiazole rings is 1. The second-order valence-electron chi connectivity index (χ2n) is 4.41. The van der Waals surface area contributed by atoms with E-state index in [1.807, 2.05) is 37.4 Å². The van der Waals surface area contributed by atoms with Crippen LogP contribution >= 0.6 is 22.7 Å². The third-order valence-corrected chi connectivity index (χ3v) is 4.66. The summed E-state index contributed by atoms with van der Waals surface area (Å²) in [5.41, 5.74) is 1.63. The zero-order chi connectivity index (χ0) is 14.8. The van der Waals surface area contributed by atoms with Crippen LogP contribution in [0.2, 0.25) is 0 Å². The lowest BCUT2D eigenvalue weighted by molar-refractivity contribution is -0.115. The van der Waals surface area contributed by atoms with Crippen LogP contribution in [0.1, 0.15) is 19.0 Å². The number of hydrogen-bond acceptors (Lipinski definition) is 6. The van der Waals surface area contributed by atoms with Crippen LogP contribution in [-0.2, 0) is 4.79 Å². The van der Waals surface area contributed by atoms with Gasteiger partial charge >= 0.3 is 0 Å². The molecule has 0 aliphatic carbocycles. The molecular weight excluding hydrogens is 306 g/mol. The number of carbonyl (C=O) groups is 1. The third-order valence-electron chi connectivity index (χ3n) is 2.80. The number of anilines is 1. The summed E-state index contributed by atoms with van der Waals surface area (Å²) in [4.78, 5) is 18.0. The second kappa shape index (κ2) is 5.79. The normalized spacial score (nSPS) is 10.8. The number of amides is 1. The SMILES string of the molecule is CCC(=O)Nc1nc(-c2cccs2)c(-c2cc(C)no2)s1. The molecule has 0 saturated carbocycles. The van der Waals surface area contributed by atoms with E-state index in [-0.39, 0.29) is 5.91 Å². The van der Waals surface area contributed by atoms with Gasteiger partial charge in [-0.05, 0) is 18.4 Å². The first-order chi connectivity index (χ1) is 10.2. The Hall–Kier alpha value is -1.99. The summed E-state index contributed by atoms with van der Waals surface area (Å²) in [6.45, 7) is 3.68. The molecule has 21 heavy (non-hydrogen) atoms. The van der Waals surface area contributed by atoms with Crippen LogP contribution in [0.25, 0.3) is 21.2 Å². The van der Waals surface area contributed by atoms with Gasteiger partial charge < -0.3 is 9.84 Å². The molecule has 1 N–H and O–H groups in total. The summed E-state index contributed by atoms with van der Waals surface area (Å²) in [5, 5.41) is 9.30. The van der Waals surface area contributed by atoms with Crippen molar-refractivity contribution >= 4 is 33.7 Å². The molecule has 0 fully saturated rings. The number of aryl methyl sites for hydroxylation is 1. The first kappa shape index (κ1) is 14.0. The van der Waals surface area contributed by atoms with E-state index in [1.54, 1.807) is 11.3 Å². The fraction of sp³-hybridized carbons (Fsp3) is 0.214. The lowest BCUT2D eigenvalue weighted by Gasteiger charge is -1.95. The van der Waals surface area contributed by atoms with Crippen LogP contribution in [0.15, 0.2) is 28.1 Å². The molecule has 108 valence electrons. The van der Waals surface area contributed by atoms with Crippen molar-refractivity contribution in [2.45, 2.75) is 20.3 Å². The molecule has 1 amide bonds. The quantitative estimate of drug-likeness (QED) is 0.783. The number of rotatable bonds is 4. The van der Waals surface area contributed by atoms with E-state index in [4.69, 9.17) is 4.52 Å². The fourth-order valence-corrected chi connectivity index (χ4v) is 3.53. The summed E-state index contributed by atoms with van der Waals surface area (Å²) in [7, 11) is 0.